The minimum absolute atomic E-state index is 0.276. The first-order valence-corrected chi connectivity index (χ1v) is 6.84. The van der Waals surface area contributed by atoms with Gasteiger partial charge >= 0.3 is 0 Å². The van der Waals surface area contributed by atoms with Crippen LogP contribution in [0, 0.1) is 0 Å². The minimum atomic E-state index is 0.276. The third-order valence-electron chi connectivity index (χ3n) is 3.14. The summed E-state index contributed by atoms with van der Waals surface area (Å²) >= 11 is 3.46. The van der Waals surface area contributed by atoms with Crippen LogP contribution in [0.4, 0.5) is 0 Å². The van der Waals surface area contributed by atoms with Crippen molar-refractivity contribution in [2.24, 2.45) is 10.7 Å². The molecule has 0 bridgehead atoms. The number of likely N-dealkylation sites (N-methyl/N-ethyl adjacent to an activating group) is 1. The first-order valence-electron chi connectivity index (χ1n) is 6.04. The lowest BCUT2D eigenvalue weighted by molar-refractivity contribution is 0.293. The van der Waals surface area contributed by atoms with Gasteiger partial charge in [0.15, 0.2) is 5.96 Å². The maximum absolute atomic E-state index is 5.97. The molecule has 0 saturated carbocycles. The molecule has 5 heteroatoms. The standard InChI is InChI=1S/C13H19BrN4/c1-17(2)7-8-18-12(9-16-13(18)15)10-3-5-11(14)6-4-10/h3-6,12H,7-9H2,1-2H3,(H2,15,16). The molecule has 98 valence electrons. The van der Waals surface area contributed by atoms with E-state index in [4.69, 9.17) is 5.73 Å². The van der Waals surface area contributed by atoms with Gasteiger partial charge in [-0.15, -0.1) is 0 Å². The summed E-state index contributed by atoms with van der Waals surface area (Å²) in [5.74, 6) is 0.657. The zero-order valence-corrected chi connectivity index (χ0v) is 12.4. The van der Waals surface area contributed by atoms with Crippen molar-refractivity contribution in [1.82, 2.24) is 9.80 Å². The van der Waals surface area contributed by atoms with Crippen LogP contribution in [0.2, 0.25) is 0 Å². The number of guanidine groups is 1. The summed E-state index contributed by atoms with van der Waals surface area (Å²) in [7, 11) is 4.14. The number of nitrogens with zero attached hydrogens (tertiary/aromatic N) is 3. The first-order chi connectivity index (χ1) is 8.58. The molecule has 1 aromatic rings. The molecule has 1 aromatic carbocycles. The van der Waals surface area contributed by atoms with Crippen molar-refractivity contribution in [2.45, 2.75) is 6.04 Å². The lowest BCUT2D eigenvalue weighted by Crippen LogP contribution is -2.40. The van der Waals surface area contributed by atoms with E-state index in [1.165, 1.54) is 5.56 Å². The maximum atomic E-state index is 5.97. The molecule has 0 aromatic heterocycles. The Bertz CT molecular complexity index is 427. The van der Waals surface area contributed by atoms with Gasteiger partial charge in [0.2, 0.25) is 0 Å². The summed E-state index contributed by atoms with van der Waals surface area (Å²) in [6.45, 7) is 2.63. The monoisotopic (exact) mass is 310 g/mol. The maximum Gasteiger partial charge on any atom is 0.191 e. The van der Waals surface area contributed by atoms with Gasteiger partial charge < -0.3 is 15.5 Å². The molecule has 1 heterocycles. The van der Waals surface area contributed by atoms with E-state index in [0.29, 0.717) is 5.96 Å². The summed E-state index contributed by atoms with van der Waals surface area (Å²) in [5.41, 5.74) is 7.24. The molecule has 1 atom stereocenters. The predicted octanol–water partition coefficient (Wildman–Crippen LogP) is 1.68. The van der Waals surface area contributed by atoms with Crippen LogP contribution in [0.1, 0.15) is 11.6 Å². The molecule has 0 fully saturated rings. The summed E-state index contributed by atoms with van der Waals surface area (Å²) in [6.07, 6.45) is 0. The van der Waals surface area contributed by atoms with Crippen molar-refractivity contribution in [3.8, 4) is 0 Å². The number of benzene rings is 1. The van der Waals surface area contributed by atoms with Crippen LogP contribution in [0.3, 0.4) is 0 Å². The fraction of sp³-hybridized carbons (Fsp3) is 0.462. The van der Waals surface area contributed by atoms with E-state index in [0.717, 1.165) is 24.1 Å². The Labute approximate surface area is 117 Å². The molecule has 4 nitrogen and oxygen atoms in total. The zero-order valence-electron chi connectivity index (χ0n) is 10.8. The van der Waals surface area contributed by atoms with Crippen molar-refractivity contribution < 1.29 is 0 Å². The number of hydrogen-bond donors (Lipinski definition) is 1. The summed E-state index contributed by atoms with van der Waals surface area (Å²) in [5, 5.41) is 0. The number of halogens is 1. The molecule has 18 heavy (non-hydrogen) atoms. The molecule has 0 spiro atoms. The molecule has 2 rings (SSSR count). The lowest BCUT2D eigenvalue weighted by Gasteiger charge is -2.27. The van der Waals surface area contributed by atoms with Crippen LogP contribution in [0.25, 0.3) is 0 Å². The van der Waals surface area contributed by atoms with E-state index in [1.807, 2.05) is 0 Å². The van der Waals surface area contributed by atoms with E-state index in [-0.39, 0.29) is 6.04 Å². The Morgan fingerprint density at radius 2 is 2.06 bits per heavy atom. The second kappa shape index (κ2) is 5.71. The molecular weight excluding hydrogens is 292 g/mol. The molecule has 2 N–H and O–H groups in total. The molecule has 1 aliphatic heterocycles. The highest BCUT2D eigenvalue weighted by molar-refractivity contribution is 9.10. The van der Waals surface area contributed by atoms with Gasteiger partial charge in [0, 0.05) is 17.6 Å². The Morgan fingerprint density at radius 1 is 1.39 bits per heavy atom. The van der Waals surface area contributed by atoms with Crippen LogP contribution in [-0.2, 0) is 0 Å². The van der Waals surface area contributed by atoms with Gasteiger partial charge in [-0.05, 0) is 31.8 Å². The third-order valence-corrected chi connectivity index (χ3v) is 3.67. The molecule has 1 aliphatic rings. The van der Waals surface area contributed by atoms with Crippen molar-refractivity contribution >= 4 is 21.9 Å². The second-order valence-corrected chi connectivity index (χ2v) is 5.68. The highest BCUT2D eigenvalue weighted by Gasteiger charge is 2.26. The Morgan fingerprint density at radius 3 is 2.67 bits per heavy atom. The van der Waals surface area contributed by atoms with Crippen LogP contribution in [0.5, 0.6) is 0 Å². The van der Waals surface area contributed by atoms with Crippen molar-refractivity contribution in [3.05, 3.63) is 34.3 Å². The average molecular weight is 311 g/mol. The van der Waals surface area contributed by atoms with Gasteiger partial charge in [-0.3, -0.25) is 4.99 Å². The number of rotatable bonds is 4. The largest absolute Gasteiger partial charge is 0.370 e. The van der Waals surface area contributed by atoms with E-state index in [9.17, 15) is 0 Å². The van der Waals surface area contributed by atoms with Gasteiger partial charge in [-0.1, -0.05) is 28.1 Å². The molecule has 0 saturated heterocycles. The van der Waals surface area contributed by atoms with Gasteiger partial charge in [-0.2, -0.15) is 0 Å². The van der Waals surface area contributed by atoms with Gasteiger partial charge in [0.05, 0.1) is 12.6 Å². The number of nitrogens with two attached hydrogens (primary N) is 1. The molecular formula is C13H19BrN4. The van der Waals surface area contributed by atoms with E-state index in [2.05, 4.69) is 69.1 Å². The van der Waals surface area contributed by atoms with Crippen molar-refractivity contribution in [1.29, 1.82) is 0 Å². The van der Waals surface area contributed by atoms with Gasteiger partial charge in [-0.25, -0.2) is 0 Å². The minimum Gasteiger partial charge on any atom is -0.370 e. The van der Waals surface area contributed by atoms with E-state index >= 15 is 0 Å². The SMILES string of the molecule is CN(C)CCN1C(N)=NCC1c1ccc(Br)cc1. The van der Waals surface area contributed by atoms with Crippen LogP contribution in [-0.4, -0.2) is 49.5 Å². The Hall–Kier alpha value is -1.07. The first kappa shape index (κ1) is 13.4. The smallest absolute Gasteiger partial charge is 0.191 e. The quantitative estimate of drug-likeness (QED) is 0.920. The second-order valence-electron chi connectivity index (χ2n) is 4.76. The fourth-order valence-corrected chi connectivity index (χ4v) is 2.34. The van der Waals surface area contributed by atoms with Crippen LogP contribution >= 0.6 is 15.9 Å². The highest BCUT2D eigenvalue weighted by atomic mass is 79.9. The molecule has 1 unspecified atom stereocenters. The van der Waals surface area contributed by atoms with Crippen molar-refractivity contribution in [2.75, 3.05) is 33.7 Å². The molecule has 0 aliphatic carbocycles. The zero-order chi connectivity index (χ0) is 13.1. The fourth-order valence-electron chi connectivity index (χ4n) is 2.08. The lowest BCUT2D eigenvalue weighted by atomic mass is 10.1. The third kappa shape index (κ3) is 3.03. The number of hydrogen-bond acceptors (Lipinski definition) is 4. The summed E-state index contributed by atoms with van der Waals surface area (Å²) in [6, 6.07) is 8.66. The van der Waals surface area contributed by atoms with E-state index < -0.39 is 0 Å². The van der Waals surface area contributed by atoms with Crippen LogP contribution in [0.15, 0.2) is 33.7 Å². The number of aliphatic imine (C=N–C) groups is 1. The van der Waals surface area contributed by atoms with Crippen molar-refractivity contribution in [3.63, 3.8) is 0 Å². The van der Waals surface area contributed by atoms with Crippen LogP contribution < -0.4 is 5.73 Å². The van der Waals surface area contributed by atoms with Gasteiger partial charge in [0.1, 0.15) is 0 Å². The Balaban J connectivity index is 2.10. The topological polar surface area (TPSA) is 44.9 Å². The molecule has 0 amide bonds. The average Bonchev–Trinajstić information content (AvgIpc) is 2.69. The van der Waals surface area contributed by atoms with Gasteiger partial charge in [0.25, 0.3) is 0 Å². The highest BCUT2D eigenvalue weighted by Crippen LogP contribution is 2.26. The summed E-state index contributed by atoms with van der Waals surface area (Å²) < 4.78 is 1.10. The predicted molar refractivity (Wildman–Crippen MR) is 78.6 cm³/mol. The Kier molecular flexibility index (Phi) is 4.24. The summed E-state index contributed by atoms with van der Waals surface area (Å²) in [4.78, 5) is 8.71. The normalized spacial score (nSPS) is 19.4. The molecule has 0 radical (unpaired) electrons. The van der Waals surface area contributed by atoms with E-state index in [1.54, 1.807) is 0 Å².